The van der Waals surface area contributed by atoms with E-state index in [1.54, 1.807) is 6.08 Å². The molecule has 0 radical (unpaired) electrons. The van der Waals surface area contributed by atoms with Crippen LogP contribution in [0.15, 0.2) is 42.1 Å². The Bertz CT molecular complexity index is 453. The summed E-state index contributed by atoms with van der Waals surface area (Å²) in [6.07, 6.45) is 3.70. The lowest BCUT2D eigenvalue weighted by molar-refractivity contribution is -0.137. The highest BCUT2D eigenvalue weighted by molar-refractivity contribution is 5.82. The van der Waals surface area contributed by atoms with Gasteiger partial charge in [-0.05, 0) is 32.3 Å². The number of hydrogen-bond acceptors (Lipinski definition) is 3. The number of hydrogen-bond donors (Lipinski definition) is 0. The summed E-state index contributed by atoms with van der Waals surface area (Å²) in [4.78, 5) is 13.9. The highest BCUT2D eigenvalue weighted by Gasteiger charge is 2.25. The van der Waals surface area contributed by atoms with Gasteiger partial charge in [-0.2, -0.15) is 0 Å². The van der Waals surface area contributed by atoms with Gasteiger partial charge < -0.3 is 9.64 Å². The smallest absolute Gasteiger partial charge is 0.332 e. The standard InChI is InChI=1S/C16H21NO2/c1-3-19-16(18)11-15-10-9-13(2)17(15)12-14-7-5-4-6-8-14/h4-8,11,13H,3,9-10,12H2,1-2H3/b15-11+. The summed E-state index contributed by atoms with van der Waals surface area (Å²) in [5.41, 5.74) is 2.36. The zero-order chi connectivity index (χ0) is 13.7. The van der Waals surface area contributed by atoms with Crippen LogP contribution in [0.25, 0.3) is 0 Å². The van der Waals surface area contributed by atoms with Gasteiger partial charge in [-0.25, -0.2) is 4.79 Å². The molecule has 1 aliphatic heterocycles. The molecule has 3 heteroatoms. The SMILES string of the molecule is CCOC(=O)/C=C1\CCC(C)N1Cc1ccccc1. The average molecular weight is 259 g/mol. The summed E-state index contributed by atoms with van der Waals surface area (Å²) in [5, 5.41) is 0. The van der Waals surface area contributed by atoms with Gasteiger partial charge in [-0.3, -0.25) is 0 Å². The van der Waals surface area contributed by atoms with Gasteiger partial charge in [0.05, 0.1) is 6.61 Å². The second kappa shape index (κ2) is 6.41. The van der Waals surface area contributed by atoms with Crippen molar-refractivity contribution in [3.05, 3.63) is 47.7 Å². The molecule has 1 aromatic rings. The van der Waals surface area contributed by atoms with Crippen molar-refractivity contribution in [3.8, 4) is 0 Å². The van der Waals surface area contributed by atoms with E-state index < -0.39 is 0 Å². The fourth-order valence-corrected chi connectivity index (χ4v) is 2.45. The molecule has 0 bridgehead atoms. The molecule has 2 rings (SSSR count). The second-order valence-corrected chi connectivity index (χ2v) is 4.89. The number of esters is 1. The van der Waals surface area contributed by atoms with Crippen molar-refractivity contribution >= 4 is 5.97 Å². The molecule has 1 atom stereocenters. The summed E-state index contributed by atoms with van der Waals surface area (Å²) >= 11 is 0. The molecule has 102 valence electrons. The van der Waals surface area contributed by atoms with E-state index in [-0.39, 0.29) is 5.97 Å². The number of nitrogens with zero attached hydrogens (tertiary/aromatic N) is 1. The normalized spacial score (nSPS) is 20.8. The quantitative estimate of drug-likeness (QED) is 0.614. The van der Waals surface area contributed by atoms with Crippen LogP contribution in [0.1, 0.15) is 32.3 Å². The Morgan fingerprint density at radius 1 is 1.42 bits per heavy atom. The van der Waals surface area contributed by atoms with E-state index in [0.29, 0.717) is 12.6 Å². The Balaban J connectivity index is 2.09. The van der Waals surface area contributed by atoms with Crippen molar-refractivity contribution in [3.63, 3.8) is 0 Å². The summed E-state index contributed by atoms with van der Waals surface area (Å²) in [7, 11) is 0. The molecule has 1 unspecified atom stereocenters. The average Bonchev–Trinajstić information content (AvgIpc) is 2.73. The van der Waals surface area contributed by atoms with Crippen LogP contribution in [-0.2, 0) is 16.1 Å². The fourth-order valence-electron chi connectivity index (χ4n) is 2.45. The molecule has 19 heavy (non-hydrogen) atoms. The van der Waals surface area contributed by atoms with Crippen LogP contribution >= 0.6 is 0 Å². The van der Waals surface area contributed by atoms with Crippen molar-refractivity contribution < 1.29 is 9.53 Å². The predicted octanol–water partition coefficient (Wildman–Crippen LogP) is 3.12. The van der Waals surface area contributed by atoms with Gasteiger partial charge in [0.1, 0.15) is 0 Å². The van der Waals surface area contributed by atoms with Crippen LogP contribution in [0.4, 0.5) is 0 Å². The Morgan fingerprint density at radius 3 is 2.84 bits per heavy atom. The van der Waals surface area contributed by atoms with Gasteiger partial charge in [0, 0.05) is 24.4 Å². The molecule has 0 amide bonds. The first-order valence-corrected chi connectivity index (χ1v) is 6.88. The molecule has 1 fully saturated rings. The van der Waals surface area contributed by atoms with E-state index in [1.807, 2.05) is 25.1 Å². The Labute approximate surface area is 114 Å². The van der Waals surface area contributed by atoms with Crippen LogP contribution in [0.2, 0.25) is 0 Å². The first-order valence-electron chi connectivity index (χ1n) is 6.88. The van der Waals surface area contributed by atoms with Crippen molar-refractivity contribution in [2.75, 3.05) is 6.61 Å². The number of benzene rings is 1. The van der Waals surface area contributed by atoms with E-state index >= 15 is 0 Å². The maximum atomic E-state index is 11.6. The lowest BCUT2D eigenvalue weighted by Gasteiger charge is -2.25. The number of carbonyl (C=O) groups excluding carboxylic acids is 1. The maximum absolute atomic E-state index is 11.6. The summed E-state index contributed by atoms with van der Waals surface area (Å²) < 4.78 is 5.00. The van der Waals surface area contributed by atoms with Gasteiger partial charge in [0.25, 0.3) is 0 Å². The van der Waals surface area contributed by atoms with Crippen LogP contribution < -0.4 is 0 Å². The molecule has 0 aliphatic carbocycles. The predicted molar refractivity (Wildman–Crippen MR) is 75.4 cm³/mol. The van der Waals surface area contributed by atoms with E-state index in [9.17, 15) is 4.79 Å². The van der Waals surface area contributed by atoms with E-state index in [2.05, 4.69) is 24.0 Å². The van der Waals surface area contributed by atoms with E-state index in [1.165, 1.54) is 5.56 Å². The van der Waals surface area contributed by atoms with Crippen molar-refractivity contribution in [1.82, 2.24) is 4.90 Å². The molecule has 1 heterocycles. The topological polar surface area (TPSA) is 29.5 Å². The van der Waals surface area contributed by atoms with Gasteiger partial charge in [-0.1, -0.05) is 30.3 Å². The highest BCUT2D eigenvalue weighted by atomic mass is 16.5. The first-order chi connectivity index (χ1) is 9.20. The number of likely N-dealkylation sites (tertiary alicyclic amines) is 1. The molecule has 1 aliphatic rings. The summed E-state index contributed by atoms with van der Waals surface area (Å²) in [5.74, 6) is -0.232. The number of allylic oxidation sites excluding steroid dienone is 1. The van der Waals surface area contributed by atoms with Gasteiger partial charge in [0.2, 0.25) is 0 Å². The third-order valence-electron chi connectivity index (χ3n) is 3.49. The third-order valence-corrected chi connectivity index (χ3v) is 3.49. The molecular formula is C16H21NO2. The molecule has 0 aromatic heterocycles. The van der Waals surface area contributed by atoms with Crippen LogP contribution in [0.5, 0.6) is 0 Å². The van der Waals surface area contributed by atoms with E-state index in [0.717, 1.165) is 25.1 Å². The number of ether oxygens (including phenoxy) is 1. The van der Waals surface area contributed by atoms with Gasteiger partial charge in [-0.15, -0.1) is 0 Å². The van der Waals surface area contributed by atoms with Crippen LogP contribution in [0, 0.1) is 0 Å². The van der Waals surface area contributed by atoms with Crippen LogP contribution in [-0.4, -0.2) is 23.5 Å². The van der Waals surface area contributed by atoms with Crippen molar-refractivity contribution in [1.29, 1.82) is 0 Å². The fraction of sp³-hybridized carbons (Fsp3) is 0.438. The van der Waals surface area contributed by atoms with Crippen molar-refractivity contribution in [2.45, 2.75) is 39.3 Å². The first kappa shape index (κ1) is 13.7. The zero-order valence-corrected chi connectivity index (χ0v) is 11.6. The monoisotopic (exact) mass is 259 g/mol. The number of carbonyl (C=O) groups is 1. The van der Waals surface area contributed by atoms with Gasteiger partial charge in [0.15, 0.2) is 0 Å². The minimum absolute atomic E-state index is 0.232. The largest absolute Gasteiger partial charge is 0.463 e. The minimum Gasteiger partial charge on any atom is -0.463 e. The summed E-state index contributed by atoms with van der Waals surface area (Å²) in [6, 6.07) is 10.8. The zero-order valence-electron chi connectivity index (χ0n) is 11.6. The molecule has 0 N–H and O–H groups in total. The maximum Gasteiger partial charge on any atom is 0.332 e. The van der Waals surface area contributed by atoms with Gasteiger partial charge >= 0.3 is 5.97 Å². The lowest BCUT2D eigenvalue weighted by Crippen LogP contribution is -2.25. The molecule has 1 aromatic carbocycles. The lowest BCUT2D eigenvalue weighted by atomic mass is 10.2. The molecule has 0 saturated carbocycles. The van der Waals surface area contributed by atoms with Crippen LogP contribution in [0.3, 0.4) is 0 Å². The second-order valence-electron chi connectivity index (χ2n) is 4.89. The van der Waals surface area contributed by atoms with Crippen molar-refractivity contribution in [2.24, 2.45) is 0 Å². The Kier molecular flexibility index (Phi) is 4.61. The van der Waals surface area contributed by atoms with E-state index in [4.69, 9.17) is 4.74 Å². The third kappa shape index (κ3) is 3.60. The molecular weight excluding hydrogens is 238 g/mol. The Morgan fingerprint density at radius 2 is 2.16 bits per heavy atom. The molecule has 1 saturated heterocycles. The molecule has 3 nitrogen and oxygen atoms in total. The Hall–Kier alpha value is -1.77. The minimum atomic E-state index is -0.232. The summed E-state index contributed by atoms with van der Waals surface area (Å²) in [6.45, 7) is 5.31. The number of rotatable bonds is 4. The molecule has 0 spiro atoms. The highest BCUT2D eigenvalue weighted by Crippen LogP contribution is 2.29.